The van der Waals surface area contributed by atoms with E-state index in [2.05, 4.69) is 10.1 Å². The molecule has 1 fully saturated rings. The Bertz CT molecular complexity index is 667. The second kappa shape index (κ2) is 8.25. The van der Waals surface area contributed by atoms with E-state index in [1.165, 1.54) is 19.2 Å². The molecule has 1 heterocycles. The Labute approximate surface area is 141 Å². The van der Waals surface area contributed by atoms with Gasteiger partial charge in [0, 0.05) is 6.61 Å². The van der Waals surface area contributed by atoms with Gasteiger partial charge in [-0.2, -0.15) is 0 Å². The standard InChI is InChI=1S/C16H21NO6S/c1-22-16(19)14(17-15(18)12-7-9-23-11-12)8-10-24(20,21)13-5-3-2-4-6-13/h2-6,12,14H,7-11H2,1H3,(H,17,18)/t12-,14+/m1/s1. The minimum absolute atomic E-state index is 0.0524. The van der Waals surface area contributed by atoms with Gasteiger partial charge >= 0.3 is 5.97 Å². The van der Waals surface area contributed by atoms with Crippen molar-refractivity contribution in [2.75, 3.05) is 26.1 Å². The zero-order valence-corrected chi connectivity index (χ0v) is 14.3. The minimum Gasteiger partial charge on any atom is -0.467 e. The van der Waals surface area contributed by atoms with E-state index < -0.39 is 21.8 Å². The van der Waals surface area contributed by atoms with Crippen molar-refractivity contribution in [1.82, 2.24) is 5.32 Å². The first-order valence-electron chi connectivity index (χ1n) is 7.68. The normalized spacial score (nSPS) is 18.8. The summed E-state index contributed by atoms with van der Waals surface area (Å²) in [5.74, 6) is -1.56. The summed E-state index contributed by atoms with van der Waals surface area (Å²) in [6.07, 6.45) is 0.533. The van der Waals surface area contributed by atoms with Crippen LogP contribution in [0.25, 0.3) is 0 Å². The van der Waals surface area contributed by atoms with Gasteiger partial charge in [0.05, 0.1) is 30.3 Å². The molecule has 0 spiro atoms. The molecule has 0 saturated carbocycles. The first-order valence-corrected chi connectivity index (χ1v) is 9.33. The van der Waals surface area contributed by atoms with Crippen LogP contribution in [-0.2, 0) is 28.9 Å². The molecular formula is C16H21NO6S. The van der Waals surface area contributed by atoms with E-state index in [9.17, 15) is 18.0 Å². The fourth-order valence-electron chi connectivity index (χ4n) is 2.44. The largest absolute Gasteiger partial charge is 0.467 e. The van der Waals surface area contributed by atoms with Crippen LogP contribution in [0.4, 0.5) is 0 Å². The Hall–Kier alpha value is -1.93. The van der Waals surface area contributed by atoms with Gasteiger partial charge in [-0.25, -0.2) is 13.2 Å². The summed E-state index contributed by atoms with van der Waals surface area (Å²) < 4.78 is 34.4. The summed E-state index contributed by atoms with van der Waals surface area (Å²) in [4.78, 5) is 24.2. The number of nitrogens with one attached hydrogen (secondary N) is 1. The van der Waals surface area contributed by atoms with Gasteiger partial charge in [0.25, 0.3) is 0 Å². The fraction of sp³-hybridized carbons (Fsp3) is 0.500. The topological polar surface area (TPSA) is 98.8 Å². The van der Waals surface area contributed by atoms with E-state index in [1.54, 1.807) is 18.2 Å². The first kappa shape index (κ1) is 18.4. The molecule has 2 rings (SSSR count). The predicted octanol–water partition coefficient (Wildman–Crippen LogP) is 0.545. The molecule has 8 heteroatoms. The maximum absolute atomic E-state index is 12.3. The van der Waals surface area contributed by atoms with Crippen LogP contribution in [0.5, 0.6) is 0 Å². The van der Waals surface area contributed by atoms with Crippen LogP contribution < -0.4 is 5.32 Å². The monoisotopic (exact) mass is 355 g/mol. The van der Waals surface area contributed by atoms with E-state index in [4.69, 9.17) is 4.74 Å². The van der Waals surface area contributed by atoms with Gasteiger partial charge < -0.3 is 14.8 Å². The second-order valence-electron chi connectivity index (χ2n) is 5.57. The Morgan fingerprint density at radius 3 is 2.62 bits per heavy atom. The molecule has 0 aliphatic carbocycles. The van der Waals surface area contributed by atoms with E-state index in [0.717, 1.165) is 0 Å². The molecule has 0 unspecified atom stereocenters. The number of carbonyl (C=O) groups excluding carboxylic acids is 2. The lowest BCUT2D eigenvalue weighted by atomic mass is 10.1. The molecule has 7 nitrogen and oxygen atoms in total. The number of amides is 1. The summed E-state index contributed by atoms with van der Waals surface area (Å²) in [6, 6.07) is 6.98. The lowest BCUT2D eigenvalue weighted by molar-refractivity contribution is -0.145. The van der Waals surface area contributed by atoms with Crippen molar-refractivity contribution >= 4 is 21.7 Å². The van der Waals surface area contributed by atoms with Crippen molar-refractivity contribution < 1.29 is 27.5 Å². The summed E-state index contributed by atoms with van der Waals surface area (Å²) in [6.45, 7) is 0.811. The highest BCUT2D eigenvalue weighted by molar-refractivity contribution is 7.91. The Morgan fingerprint density at radius 2 is 2.04 bits per heavy atom. The van der Waals surface area contributed by atoms with Crippen LogP contribution in [0.2, 0.25) is 0 Å². The SMILES string of the molecule is COC(=O)[C@H](CCS(=O)(=O)c1ccccc1)NC(=O)[C@@H]1CCOC1. The van der Waals surface area contributed by atoms with Gasteiger partial charge in [0.1, 0.15) is 6.04 Å². The lowest BCUT2D eigenvalue weighted by Gasteiger charge is -2.18. The number of benzene rings is 1. The zero-order chi connectivity index (χ0) is 17.6. The fourth-order valence-corrected chi connectivity index (χ4v) is 3.79. The molecule has 1 saturated heterocycles. The van der Waals surface area contributed by atoms with Gasteiger partial charge in [-0.3, -0.25) is 4.79 Å². The van der Waals surface area contributed by atoms with Crippen LogP contribution in [-0.4, -0.2) is 52.4 Å². The number of carbonyl (C=O) groups is 2. The zero-order valence-electron chi connectivity index (χ0n) is 13.4. The highest BCUT2D eigenvalue weighted by atomic mass is 32.2. The van der Waals surface area contributed by atoms with Gasteiger partial charge in [-0.1, -0.05) is 18.2 Å². The second-order valence-corrected chi connectivity index (χ2v) is 7.67. The average Bonchev–Trinajstić information content (AvgIpc) is 3.13. The van der Waals surface area contributed by atoms with E-state index in [1.807, 2.05) is 0 Å². The smallest absolute Gasteiger partial charge is 0.328 e. The van der Waals surface area contributed by atoms with Crippen molar-refractivity contribution in [2.45, 2.75) is 23.8 Å². The van der Waals surface area contributed by atoms with Crippen molar-refractivity contribution in [3.8, 4) is 0 Å². The van der Waals surface area contributed by atoms with Gasteiger partial charge in [0.2, 0.25) is 5.91 Å². The molecule has 1 aromatic carbocycles. The highest BCUT2D eigenvalue weighted by Crippen LogP contribution is 2.15. The molecule has 24 heavy (non-hydrogen) atoms. The molecule has 1 amide bonds. The number of rotatable bonds is 7. The molecule has 0 bridgehead atoms. The molecular weight excluding hydrogens is 334 g/mol. The summed E-state index contributed by atoms with van der Waals surface area (Å²) in [5, 5.41) is 2.58. The van der Waals surface area contributed by atoms with Crippen LogP contribution in [0.1, 0.15) is 12.8 Å². The van der Waals surface area contributed by atoms with E-state index >= 15 is 0 Å². The third kappa shape index (κ3) is 4.78. The average molecular weight is 355 g/mol. The molecule has 132 valence electrons. The van der Waals surface area contributed by atoms with Crippen molar-refractivity contribution in [2.24, 2.45) is 5.92 Å². The Kier molecular flexibility index (Phi) is 6.33. The van der Waals surface area contributed by atoms with Crippen LogP contribution in [0, 0.1) is 5.92 Å². The van der Waals surface area contributed by atoms with Crippen molar-refractivity contribution in [1.29, 1.82) is 0 Å². The van der Waals surface area contributed by atoms with Gasteiger partial charge in [0.15, 0.2) is 9.84 Å². The quantitative estimate of drug-likeness (QED) is 0.717. The summed E-state index contributed by atoms with van der Waals surface area (Å²) in [7, 11) is -2.34. The first-order chi connectivity index (χ1) is 11.4. The van der Waals surface area contributed by atoms with Gasteiger partial charge in [-0.05, 0) is 25.0 Å². The maximum Gasteiger partial charge on any atom is 0.328 e. The Morgan fingerprint density at radius 1 is 1.33 bits per heavy atom. The molecule has 1 aliphatic rings. The van der Waals surface area contributed by atoms with E-state index in [-0.39, 0.29) is 28.9 Å². The van der Waals surface area contributed by atoms with Crippen molar-refractivity contribution in [3.05, 3.63) is 30.3 Å². The number of sulfone groups is 1. The molecule has 1 aliphatic heterocycles. The number of hydrogen-bond acceptors (Lipinski definition) is 6. The van der Waals surface area contributed by atoms with Crippen LogP contribution >= 0.6 is 0 Å². The molecule has 0 radical (unpaired) electrons. The number of esters is 1. The number of methoxy groups -OCH3 is 1. The number of ether oxygens (including phenoxy) is 2. The van der Waals surface area contributed by atoms with Gasteiger partial charge in [-0.15, -0.1) is 0 Å². The summed E-state index contributed by atoms with van der Waals surface area (Å²) in [5.41, 5.74) is 0. The third-order valence-corrected chi connectivity index (χ3v) is 5.64. The molecule has 1 N–H and O–H groups in total. The predicted molar refractivity (Wildman–Crippen MR) is 86.0 cm³/mol. The molecule has 1 aromatic rings. The molecule has 2 atom stereocenters. The lowest BCUT2D eigenvalue weighted by Crippen LogP contribution is -2.45. The molecule has 0 aromatic heterocycles. The van der Waals surface area contributed by atoms with Crippen LogP contribution in [0.3, 0.4) is 0 Å². The van der Waals surface area contributed by atoms with Crippen molar-refractivity contribution in [3.63, 3.8) is 0 Å². The highest BCUT2D eigenvalue weighted by Gasteiger charge is 2.29. The number of hydrogen-bond donors (Lipinski definition) is 1. The minimum atomic E-state index is -3.54. The van der Waals surface area contributed by atoms with E-state index in [0.29, 0.717) is 19.6 Å². The summed E-state index contributed by atoms with van der Waals surface area (Å²) >= 11 is 0. The Balaban J connectivity index is 2.01. The third-order valence-electron chi connectivity index (χ3n) is 3.88. The maximum atomic E-state index is 12.3. The van der Waals surface area contributed by atoms with Crippen LogP contribution in [0.15, 0.2) is 35.2 Å².